The molecule has 0 unspecified atom stereocenters. The molecule has 0 aliphatic rings. The van der Waals surface area contributed by atoms with Crippen molar-refractivity contribution in [2.75, 3.05) is 0 Å². The molecule has 4 heteroatoms. The van der Waals surface area contributed by atoms with E-state index in [1.54, 1.807) is 6.07 Å². The van der Waals surface area contributed by atoms with E-state index in [4.69, 9.17) is 5.11 Å². The lowest BCUT2D eigenvalue weighted by Crippen LogP contribution is -1.94. The molecule has 4 rings (SSSR count). The summed E-state index contributed by atoms with van der Waals surface area (Å²) in [7, 11) is 0. The Bertz CT molecular complexity index is 947. The predicted octanol–water partition coefficient (Wildman–Crippen LogP) is 3.50. The van der Waals surface area contributed by atoms with E-state index in [0.717, 1.165) is 32.7 Å². The average molecular weight is 250 g/mol. The van der Waals surface area contributed by atoms with E-state index in [-0.39, 0.29) is 5.69 Å². The van der Waals surface area contributed by atoms with Crippen LogP contribution in [0, 0.1) is 0 Å². The lowest BCUT2D eigenvalue weighted by Gasteiger charge is -1.93. The molecule has 92 valence electrons. The topological polar surface area (TPSA) is 68.9 Å². The number of aromatic carboxylic acids is 1. The van der Waals surface area contributed by atoms with Crippen molar-refractivity contribution >= 4 is 38.7 Å². The van der Waals surface area contributed by atoms with E-state index < -0.39 is 5.97 Å². The van der Waals surface area contributed by atoms with Gasteiger partial charge in [-0.05, 0) is 24.3 Å². The van der Waals surface area contributed by atoms with Gasteiger partial charge in [0, 0.05) is 32.7 Å². The first-order chi connectivity index (χ1) is 9.24. The van der Waals surface area contributed by atoms with Gasteiger partial charge in [0.05, 0.1) is 0 Å². The molecule has 4 nitrogen and oxygen atoms in total. The van der Waals surface area contributed by atoms with Crippen molar-refractivity contribution in [3.05, 3.63) is 48.2 Å². The second-order valence-electron chi connectivity index (χ2n) is 4.61. The largest absolute Gasteiger partial charge is 0.477 e. The fourth-order valence-electron chi connectivity index (χ4n) is 2.67. The maximum Gasteiger partial charge on any atom is 0.352 e. The number of nitrogens with one attached hydrogen (secondary N) is 2. The zero-order valence-corrected chi connectivity index (χ0v) is 9.90. The van der Waals surface area contributed by atoms with Gasteiger partial charge in [0.15, 0.2) is 0 Å². The smallest absolute Gasteiger partial charge is 0.352 e. The molecule has 2 aromatic carbocycles. The van der Waals surface area contributed by atoms with Crippen molar-refractivity contribution in [3.8, 4) is 0 Å². The Balaban J connectivity index is 2.25. The molecule has 0 spiro atoms. The van der Waals surface area contributed by atoms with Crippen molar-refractivity contribution in [1.29, 1.82) is 0 Å². The van der Waals surface area contributed by atoms with E-state index in [2.05, 4.69) is 9.97 Å². The van der Waals surface area contributed by atoms with Crippen LogP contribution in [-0.2, 0) is 0 Å². The third-order valence-corrected chi connectivity index (χ3v) is 3.50. The molecule has 2 aromatic heterocycles. The first kappa shape index (κ1) is 10.2. The number of fused-ring (bicyclic) bond motifs is 5. The molecule has 4 aromatic rings. The number of aromatic amines is 2. The Morgan fingerprint density at radius 2 is 1.63 bits per heavy atom. The molecule has 0 saturated carbocycles. The third-order valence-electron chi connectivity index (χ3n) is 3.50. The van der Waals surface area contributed by atoms with Crippen molar-refractivity contribution in [2.24, 2.45) is 0 Å². The van der Waals surface area contributed by atoms with Crippen LogP contribution in [0.4, 0.5) is 0 Å². The SMILES string of the molecule is O=C(O)c1cc2c(ccc3[nH]c4ccccc4c32)[nH]1. The average Bonchev–Trinajstić information content (AvgIpc) is 2.98. The van der Waals surface area contributed by atoms with Crippen LogP contribution in [0.3, 0.4) is 0 Å². The summed E-state index contributed by atoms with van der Waals surface area (Å²) in [5.74, 6) is -0.941. The van der Waals surface area contributed by atoms with Crippen LogP contribution in [0.5, 0.6) is 0 Å². The van der Waals surface area contributed by atoms with E-state index in [9.17, 15) is 4.79 Å². The maximum absolute atomic E-state index is 11.1. The highest BCUT2D eigenvalue weighted by Gasteiger charge is 2.12. The Hall–Kier alpha value is -2.75. The van der Waals surface area contributed by atoms with Gasteiger partial charge in [0.1, 0.15) is 5.69 Å². The minimum atomic E-state index is -0.941. The molecule has 0 aliphatic heterocycles. The molecule has 0 amide bonds. The summed E-state index contributed by atoms with van der Waals surface area (Å²) in [4.78, 5) is 17.3. The quantitative estimate of drug-likeness (QED) is 0.484. The monoisotopic (exact) mass is 250 g/mol. The Morgan fingerprint density at radius 1 is 0.895 bits per heavy atom. The lowest BCUT2D eigenvalue weighted by atomic mass is 10.1. The Kier molecular flexibility index (Phi) is 1.82. The van der Waals surface area contributed by atoms with Crippen molar-refractivity contribution < 1.29 is 9.90 Å². The number of rotatable bonds is 1. The predicted molar refractivity (Wildman–Crippen MR) is 74.6 cm³/mol. The highest BCUT2D eigenvalue weighted by Crippen LogP contribution is 2.32. The van der Waals surface area contributed by atoms with Crippen LogP contribution in [0.25, 0.3) is 32.7 Å². The number of benzene rings is 2. The number of carboxylic acids is 1. The number of carbonyl (C=O) groups is 1. The summed E-state index contributed by atoms with van der Waals surface area (Å²) < 4.78 is 0. The van der Waals surface area contributed by atoms with Crippen molar-refractivity contribution in [2.45, 2.75) is 0 Å². The summed E-state index contributed by atoms with van der Waals surface area (Å²) in [5, 5.41) is 12.2. The van der Waals surface area contributed by atoms with Crippen LogP contribution in [-0.4, -0.2) is 21.0 Å². The van der Waals surface area contributed by atoms with Gasteiger partial charge >= 0.3 is 5.97 Å². The molecule has 0 radical (unpaired) electrons. The molecule has 0 fully saturated rings. The Morgan fingerprint density at radius 3 is 2.47 bits per heavy atom. The summed E-state index contributed by atoms with van der Waals surface area (Å²) in [6.07, 6.45) is 0. The molecule has 0 atom stereocenters. The highest BCUT2D eigenvalue weighted by molar-refractivity contribution is 6.20. The fraction of sp³-hybridized carbons (Fsp3) is 0. The zero-order valence-electron chi connectivity index (χ0n) is 9.90. The van der Waals surface area contributed by atoms with Gasteiger partial charge in [0.25, 0.3) is 0 Å². The zero-order chi connectivity index (χ0) is 13.0. The second kappa shape index (κ2) is 3.38. The molecule has 0 saturated heterocycles. The number of hydrogen-bond donors (Lipinski definition) is 3. The first-order valence-electron chi connectivity index (χ1n) is 5.99. The number of hydrogen-bond acceptors (Lipinski definition) is 1. The molecular formula is C15H10N2O2. The summed E-state index contributed by atoms with van der Waals surface area (Å²) in [5.41, 5.74) is 3.13. The summed E-state index contributed by atoms with van der Waals surface area (Å²) >= 11 is 0. The summed E-state index contributed by atoms with van der Waals surface area (Å²) in [6.45, 7) is 0. The van der Waals surface area contributed by atoms with E-state index >= 15 is 0 Å². The Labute approximate surface area is 107 Å². The van der Waals surface area contributed by atoms with Crippen LogP contribution < -0.4 is 0 Å². The van der Waals surface area contributed by atoms with E-state index in [1.807, 2.05) is 36.4 Å². The maximum atomic E-state index is 11.1. The van der Waals surface area contributed by atoms with Gasteiger partial charge < -0.3 is 15.1 Å². The fourth-order valence-corrected chi connectivity index (χ4v) is 2.67. The van der Waals surface area contributed by atoms with Gasteiger partial charge in [-0.25, -0.2) is 4.79 Å². The van der Waals surface area contributed by atoms with Crippen LogP contribution >= 0.6 is 0 Å². The molecule has 3 N–H and O–H groups in total. The molecular weight excluding hydrogens is 240 g/mol. The summed E-state index contributed by atoms with van der Waals surface area (Å²) in [6, 6.07) is 13.6. The van der Waals surface area contributed by atoms with Crippen LogP contribution in [0.2, 0.25) is 0 Å². The van der Waals surface area contributed by atoms with Gasteiger partial charge in [-0.2, -0.15) is 0 Å². The number of para-hydroxylation sites is 1. The van der Waals surface area contributed by atoms with Gasteiger partial charge in [0.2, 0.25) is 0 Å². The number of aromatic nitrogens is 2. The molecule has 0 bridgehead atoms. The van der Waals surface area contributed by atoms with Crippen LogP contribution in [0.15, 0.2) is 42.5 Å². The number of carboxylic acid groups (broad SMARTS) is 1. The third kappa shape index (κ3) is 1.31. The van der Waals surface area contributed by atoms with Gasteiger partial charge in [-0.1, -0.05) is 18.2 Å². The van der Waals surface area contributed by atoms with Gasteiger partial charge in [-0.3, -0.25) is 0 Å². The lowest BCUT2D eigenvalue weighted by molar-refractivity contribution is 0.0691. The molecule has 2 heterocycles. The van der Waals surface area contributed by atoms with E-state index in [0.29, 0.717) is 0 Å². The minimum absolute atomic E-state index is 0.216. The van der Waals surface area contributed by atoms with Gasteiger partial charge in [-0.15, -0.1) is 0 Å². The van der Waals surface area contributed by atoms with Crippen molar-refractivity contribution in [1.82, 2.24) is 9.97 Å². The standard InChI is InChI=1S/C15H10N2O2/c18-15(19)13-7-9-11(17-13)5-6-12-14(9)8-3-1-2-4-10(8)16-12/h1-7,16-17H,(H,18,19). The second-order valence-corrected chi connectivity index (χ2v) is 4.61. The van der Waals surface area contributed by atoms with Crippen molar-refractivity contribution in [3.63, 3.8) is 0 Å². The normalized spacial score (nSPS) is 11.6. The number of H-pyrrole nitrogens is 2. The molecule has 0 aliphatic carbocycles. The first-order valence-corrected chi connectivity index (χ1v) is 5.99. The minimum Gasteiger partial charge on any atom is -0.477 e. The molecule has 19 heavy (non-hydrogen) atoms. The van der Waals surface area contributed by atoms with E-state index in [1.165, 1.54) is 0 Å². The van der Waals surface area contributed by atoms with Crippen LogP contribution in [0.1, 0.15) is 10.5 Å². The highest BCUT2D eigenvalue weighted by atomic mass is 16.4.